The number of ether oxygens (including phenoxy) is 2. The summed E-state index contributed by atoms with van der Waals surface area (Å²) in [7, 11) is -2.32. The molecule has 1 N–H and O–H groups in total. The number of aryl methyl sites for hydroxylation is 1. The van der Waals surface area contributed by atoms with Crippen LogP contribution in [-0.2, 0) is 27.6 Å². The number of sulfonamides is 1. The Hall–Kier alpha value is -1.94. The third-order valence-electron chi connectivity index (χ3n) is 5.56. The van der Waals surface area contributed by atoms with Gasteiger partial charge in [0, 0.05) is 23.7 Å². The number of carbonyl (C=O) groups excluding carboxylic acids is 1. The maximum absolute atomic E-state index is 13.1. The first-order valence-corrected chi connectivity index (χ1v) is 12.3. The van der Waals surface area contributed by atoms with Crippen molar-refractivity contribution in [2.75, 3.05) is 38.7 Å². The number of nitrogens with zero attached hydrogens (tertiary/aromatic N) is 1. The average molecular weight is 451 g/mol. The van der Waals surface area contributed by atoms with Gasteiger partial charge >= 0.3 is 0 Å². The lowest BCUT2D eigenvalue weighted by Crippen LogP contribution is -2.40. The molecule has 2 aromatic rings. The Bertz CT molecular complexity index is 1040. The highest BCUT2D eigenvalue weighted by Crippen LogP contribution is 2.34. The Balaban J connectivity index is 1.58. The summed E-state index contributed by atoms with van der Waals surface area (Å²) in [5, 5.41) is 2.85. The molecule has 9 heteroatoms. The summed E-state index contributed by atoms with van der Waals surface area (Å²) in [6, 6.07) is 6.67. The molecule has 0 radical (unpaired) electrons. The first kappa shape index (κ1) is 21.3. The van der Waals surface area contributed by atoms with Crippen LogP contribution in [0.5, 0.6) is 5.75 Å². The third-order valence-corrected chi connectivity index (χ3v) is 8.72. The van der Waals surface area contributed by atoms with Crippen molar-refractivity contribution in [3.05, 3.63) is 39.6 Å². The Labute approximate surface area is 181 Å². The second-order valence-corrected chi connectivity index (χ2v) is 10.8. The van der Waals surface area contributed by atoms with Gasteiger partial charge in [-0.2, -0.15) is 4.31 Å². The molecule has 1 aromatic carbocycles. The molecule has 0 bridgehead atoms. The van der Waals surface area contributed by atoms with Gasteiger partial charge < -0.3 is 14.8 Å². The van der Waals surface area contributed by atoms with Gasteiger partial charge in [-0.05, 0) is 55.0 Å². The van der Waals surface area contributed by atoms with Crippen molar-refractivity contribution < 1.29 is 22.7 Å². The summed E-state index contributed by atoms with van der Waals surface area (Å²) in [5.74, 6) is 0.666. The Morgan fingerprint density at radius 2 is 2.03 bits per heavy atom. The van der Waals surface area contributed by atoms with Crippen molar-refractivity contribution in [3.63, 3.8) is 0 Å². The van der Waals surface area contributed by atoms with E-state index < -0.39 is 10.0 Å². The molecule has 7 nitrogen and oxygen atoms in total. The van der Waals surface area contributed by atoms with Crippen LogP contribution in [-0.4, -0.2) is 52.0 Å². The smallest absolute Gasteiger partial charge is 0.265 e. The number of amides is 1. The van der Waals surface area contributed by atoms with Gasteiger partial charge in [-0.3, -0.25) is 4.79 Å². The number of morpholine rings is 1. The quantitative estimate of drug-likeness (QED) is 0.756. The monoisotopic (exact) mass is 450 g/mol. The van der Waals surface area contributed by atoms with Crippen LogP contribution in [0, 0.1) is 5.92 Å². The molecule has 0 spiro atoms. The number of hydrogen-bond acceptors (Lipinski definition) is 6. The molecule has 162 valence electrons. The summed E-state index contributed by atoms with van der Waals surface area (Å²) in [6.45, 7) is 3.54. The average Bonchev–Trinajstić information content (AvgIpc) is 3.17. The number of anilines is 1. The minimum Gasteiger partial charge on any atom is -0.495 e. The van der Waals surface area contributed by atoms with Gasteiger partial charge in [0.25, 0.3) is 5.91 Å². The summed E-state index contributed by atoms with van der Waals surface area (Å²) in [5.41, 5.74) is 1.68. The van der Waals surface area contributed by atoms with Gasteiger partial charge in [-0.1, -0.05) is 6.92 Å². The Kier molecular flexibility index (Phi) is 6.15. The zero-order valence-electron chi connectivity index (χ0n) is 17.1. The fraction of sp³-hybridized carbons (Fsp3) is 0.476. The lowest BCUT2D eigenvalue weighted by molar-refractivity contribution is 0.0729. The van der Waals surface area contributed by atoms with Crippen molar-refractivity contribution in [1.29, 1.82) is 0 Å². The van der Waals surface area contributed by atoms with Crippen LogP contribution in [0.15, 0.2) is 29.2 Å². The predicted molar refractivity (Wildman–Crippen MR) is 116 cm³/mol. The van der Waals surface area contributed by atoms with E-state index in [1.807, 2.05) is 6.07 Å². The third kappa shape index (κ3) is 4.25. The Morgan fingerprint density at radius 3 is 2.77 bits per heavy atom. The van der Waals surface area contributed by atoms with Crippen molar-refractivity contribution >= 4 is 33.0 Å². The van der Waals surface area contributed by atoms with Gasteiger partial charge in [-0.15, -0.1) is 11.3 Å². The highest BCUT2D eigenvalue weighted by molar-refractivity contribution is 7.89. The molecule has 1 aliphatic carbocycles. The van der Waals surface area contributed by atoms with Crippen LogP contribution in [0.1, 0.15) is 33.5 Å². The molecule has 0 unspecified atom stereocenters. The molecule has 4 rings (SSSR count). The van der Waals surface area contributed by atoms with Gasteiger partial charge in [0.05, 0.1) is 25.2 Å². The van der Waals surface area contributed by atoms with Crippen LogP contribution >= 0.6 is 11.3 Å². The van der Waals surface area contributed by atoms with Gasteiger partial charge in [0.2, 0.25) is 10.0 Å². The number of carbonyl (C=O) groups is 1. The second-order valence-electron chi connectivity index (χ2n) is 7.74. The number of thiophene rings is 1. The molecule has 2 aliphatic rings. The molecule has 1 amide bonds. The number of fused-ring (bicyclic) bond motifs is 1. The number of methoxy groups -OCH3 is 1. The van der Waals surface area contributed by atoms with Crippen LogP contribution in [0.4, 0.5) is 5.69 Å². The maximum Gasteiger partial charge on any atom is 0.265 e. The van der Waals surface area contributed by atoms with E-state index in [4.69, 9.17) is 9.47 Å². The minimum atomic E-state index is -3.76. The van der Waals surface area contributed by atoms with Crippen LogP contribution < -0.4 is 10.1 Å². The van der Waals surface area contributed by atoms with Crippen molar-refractivity contribution in [3.8, 4) is 5.75 Å². The summed E-state index contributed by atoms with van der Waals surface area (Å²) in [4.78, 5) is 14.8. The second kappa shape index (κ2) is 8.66. The van der Waals surface area contributed by atoms with E-state index in [1.54, 1.807) is 12.1 Å². The van der Waals surface area contributed by atoms with E-state index in [9.17, 15) is 13.2 Å². The SMILES string of the molecule is COc1ccc(NC(=O)c2cc3c(s2)CC[C@H](C)C3)cc1S(=O)(=O)N1CCOCC1. The first-order valence-electron chi connectivity index (χ1n) is 10.1. The van der Waals surface area contributed by atoms with Crippen LogP contribution in [0.25, 0.3) is 0 Å². The van der Waals surface area contributed by atoms with Crippen LogP contribution in [0.2, 0.25) is 0 Å². The van der Waals surface area contributed by atoms with Gasteiger partial charge in [-0.25, -0.2) is 8.42 Å². The van der Waals surface area contributed by atoms with Crippen molar-refractivity contribution in [2.45, 2.75) is 31.1 Å². The van der Waals surface area contributed by atoms with Gasteiger partial charge in [0.1, 0.15) is 10.6 Å². The minimum absolute atomic E-state index is 0.0454. The topological polar surface area (TPSA) is 84.9 Å². The van der Waals surface area contributed by atoms with E-state index in [0.29, 0.717) is 42.8 Å². The summed E-state index contributed by atoms with van der Waals surface area (Å²) < 4.78 is 38.2. The number of nitrogens with one attached hydrogen (secondary N) is 1. The maximum atomic E-state index is 13.1. The molecule has 1 atom stereocenters. The molecule has 2 heterocycles. The highest BCUT2D eigenvalue weighted by atomic mass is 32.2. The predicted octanol–water partition coefficient (Wildman–Crippen LogP) is 3.15. The molecule has 1 fully saturated rings. The molecular formula is C21H26N2O5S2. The molecule has 1 aliphatic heterocycles. The number of benzene rings is 1. The molecule has 1 aromatic heterocycles. The fourth-order valence-corrected chi connectivity index (χ4v) is 6.59. The number of hydrogen-bond donors (Lipinski definition) is 1. The van der Waals surface area contributed by atoms with E-state index in [0.717, 1.165) is 19.3 Å². The molecule has 1 saturated heterocycles. The van der Waals surface area contributed by atoms with E-state index in [2.05, 4.69) is 12.2 Å². The van der Waals surface area contributed by atoms with E-state index in [1.165, 1.54) is 39.3 Å². The summed E-state index contributed by atoms with van der Waals surface area (Å²) >= 11 is 1.53. The lowest BCUT2D eigenvalue weighted by Gasteiger charge is -2.26. The van der Waals surface area contributed by atoms with Crippen LogP contribution in [0.3, 0.4) is 0 Å². The van der Waals surface area contributed by atoms with Crippen molar-refractivity contribution in [2.24, 2.45) is 5.92 Å². The molecule has 0 saturated carbocycles. The van der Waals surface area contributed by atoms with E-state index in [-0.39, 0.29) is 16.6 Å². The van der Waals surface area contributed by atoms with E-state index >= 15 is 0 Å². The zero-order valence-corrected chi connectivity index (χ0v) is 18.8. The largest absolute Gasteiger partial charge is 0.495 e. The lowest BCUT2D eigenvalue weighted by atomic mass is 9.90. The fourth-order valence-electron chi connectivity index (χ4n) is 3.89. The highest BCUT2D eigenvalue weighted by Gasteiger charge is 2.30. The standard InChI is InChI=1S/C21H26N2O5S2/c1-14-3-6-18-15(11-14)12-19(29-18)21(24)22-16-4-5-17(27-2)20(13-16)30(25,26)23-7-9-28-10-8-23/h4-5,12-14H,3,6-11H2,1-2H3,(H,22,24)/t14-/m0/s1. The molecule has 30 heavy (non-hydrogen) atoms. The molecular weight excluding hydrogens is 424 g/mol. The summed E-state index contributed by atoms with van der Waals surface area (Å²) in [6.07, 6.45) is 3.17. The zero-order chi connectivity index (χ0) is 21.3. The number of rotatable bonds is 5. The van der Waals surface area contributed by atoms with Gasteiger partial charge in [0.15, 0.2) is 0 Å². The normalized spacial score (nSPS) is 19.9. The Morgan fingerprint density at radius 1 is 1.27 bits per heavy atom. The van der Waals surface area contributed by atoms with Crippen molar-refractivity contribution in [1.82, 2.24) is 4.31 Å². The first-order chi connectivity index (χ1) is 14.4.